The summed E-state index contributed by atoms with van der Waals surface area (Å²) in [5.74, 6) is 2.17. The van der Waals surface area contributed by atoms with Gasteiger partial charge in [0, 0.05) is 0 Å². The van der Waals surface area contributed by atoms with Gasteiger partial charge in [0.2, 0.25) is 5.91 Å². The van der Waals surface area contributed by atoms with Crippen LogP contribution in [0.2, 0.25) is 0 Å². The van der Waals surface area contributed by atoms with Gasteiger partial charge in [-0.2, -0.15) is 0 Å². The fraction of sp³-hybridized carbons (Fsp3) is 0.643. The predicted octanol–water partition coefficient (Wildman–Crippen LogP) is 1.84. The molecule has 0 radical (unpaired) electrons. The number of fused-ring (bicyclic) bond motifs is 1. The van der Waals surface area contributed by atoms with Crippen molar-refractivity contribution >= 4 is 5.91 Å². The van der Waals surface area contributed by atoms with Crippen LogP contribution in [0.25, 0.3) is 0 Å². The number of nitrogens with one attached hydrogen (secondary N) is 2. The van der Waals surface area contributed by atoms with E-state index >= 15 is 0 Å². The van der Waals surface area contributed by atoms with Gasteiger partial charge in [-0.05, 0) is 50.3 Å². The van der Waals surface area contributed by atoms with Gasteiger partial charge < -0.3 is 15.1 Å². The van der Waals surface area contributed by atoms with Crippen LogP contribution in [-0.2, 0) is 4.79 Å². The molecular formula is C14H20N2O2. The molecule has 4 unspecified atom stereocenters. The second-order valence-corrected chi connectivity index (χ2v) is 5.49. The molecule has 0 spiro atoms. The van der Waals surface area contributed by atoms with E-state index < -0.39 is 0 Å². The molecule has 0 bridgehead atoms. The molecule has 1 saturated carbocycles. The first-order valence-electron chi connectivity index (χ1n) is 6.83. The Morgan fingerprint density at radius 1 is 1.56 bits per heavy atom. The lowest BCUT2D eigenvalue weighted by Crippen LogP contribution is -2.44. The highest BCUT2D eigenvalue weighted by atomic mass is 16.3. The van der Waals surface area contributed by atoms with Crippen molar-refractivity contribution in [3.63, 3.8) is 0 Å². The van der Waals surface area contributed by atoms with E-state index in [2.05, 4.69) is 10.6 Å². The van der Waals surface area contributed by atoms with Crippen LogP contribution in [0.5, 0.6) is 0 Å². The normalized spacial score (nSPS) is 32.2. The molecule has 4 nitrogen and oxygen atoms in total. The van der Waals surface area contributed by atoms with E-state index in [1.165, 1.54) is 19.3 Å². The minimum absolute atomic E-state index is 0.00471. The van der Waals surface area contributed by atoms with Gasteiger partial charge in [-0.1, -0.05) is 6.42 Å². The molecule has 1 saturated heterocycles. The summed E-state index contributed by atoms with van der Waals surface area (Å²) >= 11 is 0. The number of amides is 1. The summed E-state index contributed by atoms with van der Waals surface area (Å²) in [6.07, 6.45) is 5.37. The second kappa shape index (κ2) is 4.76. The van der Waals surface area contributed by atoms with Crippen LogP contribution in [0.15, 0.2) is 22.8 Å². The maximum atomic E-state index is 12.3. The van der Waals surface area contributed by atoms with Crippen molar-refractivity contribution in [2.24, 2.45) is 11.8 Å². The standard InChI is InChI=1S/C14H20N2O2/c1-9(12-6-3-7-18-12)16-14(17)13-11-5-2-4-10(11)8-15-13/h3,6-7,9-11,13,15H,2,4-5,8H2,1H3,(H,16,17). The van der Waals surface area contributed by atoms with Gasteiger partial charge >= 0.3 is 0 Å². The molecule has 0 aromatic carbocycles. The van der Waals surface area contributed by atoms with E-state index in [0.717, 1.165) is 12.3 Å². The van der Waals surface area contributed by atoms with Gasteiger partial charge in [0.05, 0.1) is 18.3 Å². The molecule has 1 aromatic rings. The van der Waals surface area contributed by atoms with Crippen molar-refractivity contribution in [2.75, 3.05) is 6.54 Å². The molecule has 3 rings (SSSR count). The van der Waals surface area contributed by atoms with Gasteiger partial charge in [0.25, 0.3) is 0 Å². The molecule has 18 heavy (non-hydrogen) atoms. The van der Waals surface area contributed by atoms with E-state index in [9.17, 15) is 4.79 Å². The number of furan rings is 1. The Morgan fingerprint density at radius 2 is 2.44 bits per heavy atom. The van der Waals surface area contributed by atoms with E-state index in [1.807, 2.05) is 19.1 Å². The molecule has 4 heteroatoms. The van der Waals surface area contributed by atoms with Crippen LogP contribution < -0.4 is 10.6 Å². The largest absolute Gasteiger partial charge is 0.467 e. The Morgan fingerprint density at radius 3 is 3.22 bits per heavy atom. The van der Waals surface area contributed by atoms with Gasteiger partial charge in [0.15, 0.2) is 0 Å². The Labute approximate surface area is 107 Å². The van der Waals surface area contributed by atoms with Crippen molar-refractivity contribution in [1.29, 1.82) is 0 Å². The molecule has 2 N–H and O–H groups in total. The van der Waals surface area contributed by atoms with Crippen molar-refractivity contribution in [3.8, 4) is 0 Å². The third-order valence-corrected chi connectivity index (χ3v) is 4.36. The van der Waals surface area contributed by atoms with Crippen LogP contribution in [0, 0.1) is 11.8 Å². The molecule has 2 fully saturated rings. The molecular weight excluding hydrogens is 228 g/mol. The maximum Gasteiger partial charge on any atom is 0.238 e. The smallest absolute Gasteiger partial charge is 0.238 e. The van der Waals surface area contributed by atoms with Crippen LogP contribution in [0.4, 0.5) is 0 Å². The first-order valence-corrected chi connectivity index (χ1v) is 6.83. The first-order chi connectivity index (χ1) is 8.75. The Kier molecular flexibility index (Phi) is 3.12. The first kappa shape index (κ1) is 11.8. The summed E-state index contributed by atoms with van der Waals surface area (Å²) in [6, 6.07) is 3.68. The van der Waals surface area contributed by atoms with Gasteiger partial charge in [-0.15, -0.1) is 0 Å². The van der Waals surface area contributed by atoms with Crippen LogP contribution in [-0.4, -0.2) is 18.5 Å². The number of hydrogen-bond donors (Lipinski definition) is 2. The minimum Gasteiger partial charge on any atom is -0.467 e. The average molecular weight is 248 g/mol. The van der Waals surface area contributed by atoms with E-state index in [1.54, 1.807) is 6.26 Å². The molecule has 2 aliphatic rings. The fourth-order valence-electron chi connectivity index (χ4n) is 3.39. The third kappa shape index (κ3) is 2.05. The van der Waals surface area contributed by atoms with E-state index in [4.69, 9.17) is 4.42 Å². The lowest BCUT2D eigenvalue weighted by atomic mass is 9.93. The molecule has 2 heterocycles. The number of carbonyl (C=O) groups is 1. The van der Waals surface area contributed by atoms with Gasteiger partial charge in [0.1, 0.15) is 5.76 Å². The highest BCUT2D eigenvalue weighted by Gasteiger charge is 2.42. The summed E-state index contributed by atoms with van der Waals surface area (Å²) in [7, 11) is 0. The lowest BCUT2D eigenvalue weighted by Gasteiger charge is -2.20. The maximum absolute atomic E-state index is 12.3. The van der Waals surface area contributed by atoms with Crippen LogP contribution in [0.1, 0.15) is 38.0 Å². The second-order valence-electron chi connectivity index (χ2n) is 5.49. The van der Waals surface area contributed by atoms with Crippen LogP contribution in [0.3, 0.4) is 0 Å². The Hall–Kier alpha value is -1.29. The predicted molar refractivity (Wildman–Crippen MR) is 67.9 cm³/mol. The van der Waals surface area contributed by atoms with Crippen molar-refractivity contribution in [1.82, 2.24) is 10.6 Å². The van der Waals surface area contributed by atoms with E-state index in [-0.39, 0.29) is 18.0 Å². The zero-order chi connectivity index (χ0) is 12.5. The Bertz CT molecular complexity index is 415. The van der Waals surface area contributed by atoms with Crippen LogP contribution >= 0.6 is 0 Å². The number of carbonyl (C=O) groups excluding carboxylic acids is 1. The molecule has 1 aliphatic carbocycles. The zero-order valence-electron chi connectivity index (χ0n) is 10.7. The highest BCUT2D eigenvalue weighted by Crippen LogP contribution is 2.37. The zero-order valence-corrected chi connectivity index (χ0v) is 10.7. The van der Waals surface area contributed by atoms with E-state index in [0.29, 0.717) is 11.8 Å². The summed E-state index contributed by atoms with van der Waals surface area (Å²) in [6.45, 7) is 2.95. The van der Waals surface area contributed by atoms with Gasteiger partial charge in [-0.25, -0.2) is 0 Å². The third-order valence-electron chi connectivity index (χ3n) is 4.36. The van der Waals surface area contributed by atoms with Crippen molar-refractivity contribution < 1.29 is 9.21 Å². The fourth-order valence-corrected chi connectivity index (χ4v) is 3.39. The van der Waals surface area contributed by atoms with Crippen molar-refractivity contribution in [2.45, 2.75) is 38.3 Å². The highest BCUT2D eigenvalue weighted by molar-refractivity contribution is 5.83. The summed E-state index contributed by atoms with van der Waals surface area (Å²) in [5.41, 5.74) is 0. The molecule has 1 aliphatic heterocycles. The van der Waals surface area contributed by atoms with Crippen molar-refractivity contribution in [3.05, 3.63) is 24.2 Å². The monoisotopic (exact) mass is 248 g/mol. The molecule has 1 aromatic heterocycles. The average Bonchev–Trinajstić information content (AvgIpc) is 3.06. The molecule has 98 valence electrons. The summed E-state index contributed by atoms with van der Waals surface area (Å²) in [5, 5.41) is 6.41. The molecule has 4 atom stereocenters. The SMILES string of the molecule is CC(NC(=O)C1NCC2CCCC21)c1ccco1. The number of hydrogen-bond acceptors (Lipinski definition) is 3. The van der Waals surface area contributed by atoms with Gasteiger partial charge in [-0.3, -0.25) is 4.79 Å². The molecule has 1 amide bonds. The minimum atomic E-state index is -0.0604. The summed E-state index contributed by atoms with van der Waals surface area (Å²) in [4.78, 5) is 12.3. The quantitative estimate of drug-likeness (QED) is 0.858. The topological polar surface area (TPSA) is 54.3 Å². The summed E-state index contributed by atoms with van der Waals surface area (Å²) < 4.78 is 5.31. The Balaban J connectivity index is 1.61. The lowest BCUT2D eigenvalue weighted by molar-refractivity contribution is -0.124. The number of rotatable bonds is 3.